The van der Waals surface area contributed by atoms with Crippen LogP contribution in [0.2, 0.25) is 0 Å². The van der Waals surface area contributed by atoms with Crippen LogP contribution < -0.4 is 5.56 Å². The first kappa shape index (κ1) is 19.8. The van der Waals surface area contributed by atoms with Gasteiger partial charge in [-0.2, -0.15) is 0 Å². The van der Waals surface area contributed by atoms with Crippen LogP contribution in [0.1, 0.15) is 48.2 Å². The Labute approximate surface area is 172 Å². The minimum Gasteiger partial charge on any atom is -0.337 e. The Balaban J connectivity index is 1.59. The van der Waals surface area contributed by atoms with Crippen LogP contribution in [0, 0.1) is 5.82 Å². The SMILES string of the molecule is CC(c1ccc(F)cc1)N(C)C(=O)Cn1cnc2sc3c(c2c1=O)CCCCC3. The van der Waals surface area contributed by atoms with E-state index >= 15 is 0 Å². The van der Waals surface area contributed by atoms with Crippen molar-refractivity contribution in [2.24, 2.45) is 0 Å². The first-order chi connectivity index (χ1) is 14.0. The molecule has 3 aromatic rings. The van der Waals surface area contributed by atoms with Gasteiger partial charge in [0.05, 0.1) is 17.8 Å². The van der Waals surface area contributed by atoms with Crippen molar-refractivity contribution >= 4 is 27.5 Å². The zero-order valence-corrected chi connectivity index (χ0v) is 17.5. The van der Waals surface area contributed by atoms with Crippen LogP contribution in [-0.2, 0) is 24.2 Å². The average molecular weight is 414 g/mol. The zero-order chi connectivity index (χ0) is 20.5. The van der Waals surface area contributed by atoms with Crippen molar-refractivity contribution in [2.75, 3.05) is 7.05 Å². The summed E-state index contributed by atoms with van der Waals surface area (Å²) in [7, 11) is 1.70. The van der Waals surface area contributed by atoms with Gasteiger partial charge in [0, 0.05) is 11.9 Å². The smallest absolute Gasteiger partial charge is 0.262 e. The van der Waals surface area contributed by atoms with Gasteiger partial charge in [-0.05, 0) is 55.9 Å². The summed E-state index contributed by atoms with van der Waals surface area (Å²) in [4.78, 5) is 34.1. The summed E-state index contributed by atoms with van der Waals surface area (Å²) in [6.07, 6.45) is 6.82. The van der Waals surface area contributed by atoms with Gasteiger partial charge in [-0.1, -0.05) is 18.6 Å². The fourth-order valence-electron chi connectivity index (χ4n) is 3.91. The lowest BCUT2D eigenvalue weighted by atomic mass is 10.1. The summed E-state index contributed by atoms with van der Waals surface area (Å²) in [5, 5.41) is 0.691. The number of thiophene rings is 1. The molecule has 1 aromatic carbocycles. The van der Waals surface area contributed by atoms with E-state index in [0.29, 0.717) is 5.39 Å². The predicted octanol–water partition coefficient (Wildman–Crippen LogP) is 4.09. The number of hydrogen-bond acceptors (Lipinski definition) is 4. The fraction of sp³-hybridized carbons (Fsp3) is 0.409. The third kappa shape index (κ3) is 3.83. The second-order valence-corrected chi connectivity index (χ2v) is 8.74. The van der Waals surface area contributed by atoms with Crippen molar-refractivity contribution in [3.8, 4) is 0 Å². The number of benzene rings is 1. The van der Waals surface area contributed by atoms with E-state index in [1.165, 1.54) is 34.3 Å². The highest BCUT2D eigenvalue weighted by Crippen LogP contribution is 2.32. The number of aromatic nitrogens is 2. The Morgan fingerprint density at radius 2 is 1.97 bits per heavy atom. The summed E-state index contributed by atoms with van der Waals surface area (Å²) in [5.74, 6) is -0.498. The summed E-state index contributed by atoms with van der Waals surface area (Å²) < 4.78 is 14.6. The number of carbonyl (C=O) groups is 1. The fourth-order valence-corrected chi connectivity index (χ4v) is 5.13. The van der Waals surface area contributed by atoms with Crippen LogP contribution >= 0.6 is 11.3 Å². The maximum Gasteiger partial charge on any atom is 0.262 e. The Hall–Kier alpha value is -2.54. The molecule has 0 radical (unpaired) electrons. The summed E-state index contributed by atoms with van der Waals surface area (Å²) in [6.45, 7) is 1.82. The van der Waals surface area contributed by atoms with Crippen molar-refractivity contribution in [1.29, 1.82) is 0 Å². The van der Waals surface area contributed by atoms with Gasteiger partial charge in [0.2, 0.25) is 5.91 Å². The Kier molecular flexibility index (Phi) is 5.50. The molecule has 0 aliphatic heterocycles. The number of amides is 1. The minimum absolute atomic E-state index is 0.0611. The molecule has 1 unspecified atom stereocenters. The van der Waals surface area contributed by atoms with Crippen molar-refractivity contribution < 1.29 is 9.18 Å². The molecule has 0 N–H and O–H groups in total. The molecule has 7 heteroatoms. The molecule has 0 bridgehead atoms. The lowest BCUT2D eigenvalue weighted by Gasteiger charge is -2.25. The highest BCUT2D eigenvalue weighted by atomic mass is 32.1. The van der Waals surface area contributed by atoms with Gasteiger partial charge in [-0.25, -0.2) is 9.37 Å². The second kappa shape index (κ2) is 8.06. The standard InChI is InChI=1S/C22H24FN3O2S/c1-14(15-8-10-16(23)11-9-15)25(2)19(27)12-26-13-24-21-20(22(26)28)17-6-4-3-5-7-18(17)29-21/h8-11,13-14H,3-7,12H2,1-2H3. The van der Waals surface area contributed by atoms with Crippen LogP contribution in [0.5, 0.6) is 0 Å². The highest BCUT2D eigenvalue weighted by molar-refractivity contribution is 7.18. The van der Waals surface area contributed by atoms with E-state index in [2.05, 4.69) is 4.98 Å². The Morgan fingerprint density at radius 1 is 1.24 bits per heavy atom. The van der Waals surface area contributed by atoms with Crippen LogP contribution in [0.3, 0.4) is 0 Å². The maximum atomic E-state index is 13.2. The number of fused-ring (bicyclic) bond motifs is 3. The van der Waals surface area contributed by atoms with Crippen molar-refractivity contribution in [1.82, 2.24) is 14.5 Å². The predicted molar refractivity (Wildman–Crippen MR) is 113 cm³/mol. The van der Waals surface area contributed by atoms with Crippen LogP contribution in [0.25, 0.3) is 10.2 Å². The number of halogens is 1. The molecule has 0 spiro atoms. The number of rotatable bonds is 4. The van der Waals surface area contributed by atoms with Crippen molar-refractivity contribution in [3.05, 3.63) is 62.8 Å². The summed E-state index contributed by atoms with van der Waals surface area (Å²) in [5.41, 5.74) is 1.84. The van der Waals surface area contributed by atoms with Gasteiger partial charge >= 0.3 is 0 Å². The van der Waals surface area contributed by atoms with Gasteiger partial charge < -0.3 is 4.90 Å². The molecule has 4 rings (SSSR count). The minimum atomic E-state index is -0.309. The van der Waals surface area contributed by atoms with Gasteiger partial charge in [-0.3, -0.25) is 14.2 Å². The molecule has 0 saturated heterocycles. The number of aryl methyl sites for hydroxylation is 2. The zero-order valence-electron chi connectivity index (χ0n) is 16.7. The van der Waals surface area contributed by atoms with Crippen LogP contribution in [0.15, 0.2) is 35.4 Å². The van der Waals surface area contributed by atoms with Gasteiger partial charge in [0.25, 0.3) is 5.56 Å². The quantitative estimate of drug-likeness (QED) is 0.606. The summed E-state index contributed by atoms with van der Waals surface area (Å²) >= 11 is 1.61. The van der Waals surface area contributed by atoms with E-state index in [-0.39, 0.29) is 29.9 Å². The maximum absolute atomic E-state index is 13.2. The Morgan fingerprint density at radius 3 is 2.72 bits per heavy atom. The van der Waals surface area contributed by atoms with Crippen LogP contribution in [0.4, 0.5) is 4.39 Å². The highest BCUT2D eigenvalue weighted by Gasteiger charge is 2.22. The van der Waals surface area contributed by atoms with Gasteiger partial charge in [0.15, 0.2) is 0 Å². The first-order valence-electron chi connectivity index (χ1n) is 9.96. The number of carbonyl (C=O) groups excluding carboxylic acids is 1. The number of likely N-dealkylation sites (N-methyl/N-ethyl adjacent to an activating group) is 1. The molecular formula is C22H24FN3O2S. The number of hydrogen-bond donors (Lipinski definition) is 0. The van der Waals surface area contributed by atoms with E-state index < -0.39 is 0 Å². The molecule has 0 fully saturated rings. The van der Waals surface area contributed by atoms with Crippen molar-refractivity contribution in [3.63, 3.8) is 0 Å². The van der Waals surface area contributed by atoms with E-state index in [9.17, 15) is 14.0 Å². The molecule has 1 aliphatic carbocycles. The third-order valence-corrected chi connectivity index (χ3v) is 7.02. The molecule has 152 valence electrons. The molecule has 0 saturated carbocycles. The lowest BCUT2D eigenvalue weighted by molar-refractivity contribution is -0.132. The molecule has 1 atom stereocenters. The van der Waals surface area contributed by atoms with E-state index in [1.54, 1.807) is 35.4 Å². The van der Waals surface area contributed by atoms with E-state index in [4.69, 9.17) is 0 Å². The van der Waals surface area contributed by atoms with Crippen molar-refractivity contribution in [2.45, 2.75) is 51.6 Å². The molecule has 29 heavy (non-hydrogen) atoms. The van der Waals surface area contributed by atoms with E-state index in [1.807, 2.05) is 6.92 Å². The third-order valence-electron chi connectivity index (χ3n) is 5.82. The topological polar surface area (TPSA) is 55.2 Å². The normalized spacial score (nSPS) is 15.0. The van der Waals surface area contributed by atoms with E-state index in [0.717, 1.165) is 41.6 Å². The molecule has 5 nitrogen and oxygen atoms in total. The molecular weight excluding hydrogens is 389 g/mol. The monoisotopic (exact) mass is 413 g/mol. The van der Waals surface area contributed by atoms with Crippen LogP contribution in [-0.4, -0.2) is 27.4 Å². The van der Waals surface area contributed by atoms with Gasteiger partial charge in [-0.15, -0.1) is 11.3 Å². The lowest BCUT2D eigenvalue weighted by Crippen LogP contribution is -2.35. The average Bonchev–Trinajstić information content (AvgIpc) is 2.91. The molecule has 2 heterocycles. The van der Waals surface area contributed by atoms with Gasteiger partial charge in [0.1, 0.15) is 17.2 Å². The Bertz CT molecular complexity index is 1100. The largest absolute Gasteiger partial charge is 0.337 e. The second-order valence-electron chi connectivity index (χ2n) is 7.65. The summed E-state index contributed by atoms with van der Waals surface area (Å²) in [6, 6.07) is 5.88. The molecule has 2 aromatic heterocycles. The number of nitrogens with zero attached hydrogens (tertiary/aromatic N) is 3. The molecule has 1 aliphatic rings. The molecule has 1 amide bonds. The first-order valence-corrected chi connectivity index (χ1v) is 10.8.